The summed E-state index contributed by atoms with van der Waals surface area (Å²) in [6.07, 6.45) is 9.06. The lowest BCUT2D eigenvalue weighted by atomic mass is 10.0. The Labute approximate surface area is 159 Å². The molecule has 0 saturated heterocycles. The number of ether oxygens (including phenoxy) is 1. The van der Waals surface area contributed by atoms with E-state index in [4.69, 9.17) is 9.72 Å². The molecule has 1 aromatic carbocycles. The van der Waals surface area contributed by atoms with Crippen LogP contribution in [0.2, 0.25) is 0 Å². The van der Waals surface area contributed by atoms with Crippen LogP contribution in [-0.2, 0) is 0 Å². The predicted molar refractivity (Wildman–Crippen MR) is 106 cm³/mol. The summed E-state index contributed by atoms with van der Waals surface area (Å²) < 4.78 is 5.46. The molecule has 1 atom stereocenters. The van der Waals surface area contributed by atoms with Crippen LogP contribution in [0.25, 0.3) is 11.3 Å². The van der Waals surface area contributed by atoms with Gasteiger partial charge in [0, 0.05) is 18.0 Å². The van der Waals surface area contributed by atoms with E-state index in [0.29, 0.717) is 23.9 Å². The van der Waals surface area contributed by atoms with Crippen LogP contribution in [0.5, 0.6) is 11.5 Å². The maximum absolute atomic E-state index is 9.89. The van der Waals surface area contributed by atoms with Crippen LogP contribution in [0.1, 0.15) is 38.3 Å². The number of hydrogen-bond donors (Lipinski definition) is 2. The Hall–Kier alpha value is -3.15. The molecule has 27 heavy (non-hydrogen) atoms. The molecule has 0 aliphatic carbocycles. The maximum Gasteiger partial charge on any atom is 0.161 e. The van der Waals surface area contributed by atoms with Crippen molar-refractivity contribution in [3.8, 4) is 22.8 Å². The summed E-state index contributed by atoms with van der Waals surface area (Å²) in [4.78, 5) is 13.2. The van der Waals surface area contributed by atoms with Gasteiger partial charge in [-0.1, -0.05) is 19.4 Å². The van der Waals surface area contributed by atoms with Gasteiger partial charge in [0.2, 0.25) is 0 Å². The number of rotatable bonds is 8. The first-order valence-electron chi connectivity index (χ1n) is 9.16. The molecule has 140 valence electrons. The molecule has 0 radical (unpaired) electrons. The molecule has 0 bridgehead atoms. The minimum absolute atomic E-state index is 0.113. The minimum Gasteiger partial charge on any atom is -0.504 e. The summed E-state index contributed by atoms with van der Waals surface area (Å²) in [5.74, 6) is 1.25. The van der Waals surface area contributed by atoms with Crippen molar-refractivity contribution >= 4 is 5.82 Å². The average Bonchev–Trinajstić information content (AvgIpc) is 2.70. The number of benzene rings is 1. The standard InChI is InChI=1S/C21H24N4O2/c1-3-6-17(16-7-5-10-22-12-16)24-21-14-23-13-18(25-21)15-8-9-19(26)20(11-15)27-4-2/h5,7-14,17,26H,3-4,6H2,1-2H3,(H,24,25)/t17-/m1/s1. The van der Waals surface area contributed by atoms with Crippen molar-refractivity contribution < 1.29 is 9.84 Å². The Morgan fingerprint density at radius 3 is 2.74 bits per heavy atom. The Bertz CT molecular complexity index is 871. The van der Waals surface area contributed by atoms with Gasteiger partial charge in [-0.25, -0.2) is 4.98 Å². The first-order valence-corrected chi connectivity index (χ1v) is 9.16. The number of nitrogens with one attached hydrogen (secondary N) is 1. The van der Waals surface area contributed by atoms with Crippen molar-refractivity contribution in [2.24, 2.45) is 0 Å². The van der Waals surface area contributed by atoms with E-state index >= 15 is 0 Å². The molecule has 0 fully saturated rings. The van der Waals surface area contributed by atoms with Gasteiger partial charge >= 0.3 is 0 Å². The third-order valence-electron chi connectivity index (χ3n) is 4.18. The third-order valence-corrected chi connectivity index (χ3v) is 4.18. The lowest BCUT2D eigenvalue weighted by Gasteiger charge is -2.19. The highest BCUT2D eigenvalue weighted by molar-refractivity contribution is 5.64. The van der Waals surface area contributed by atoms with Crippen LogP contribution >= 0.6 is 0 Å². The molecule has 0 unspecified atom stereocenters. The van der Waals surface area contributed by atoms with E-state index in [0.717, 1.165) is 24.0 Å². The largest absolute Gasteiger partial charge is 0.504 e. The van der Waals surface area contributed by atoms with Crippen molar-refractivity contribution in [2.45, 2.75) is 32.7 Å². The zero-order valence-corrected chi connectivity index (χ0v) is 15.6. The number of anilines is 1. The molecule has 0 saturated carbocycles. The Balaban J connectivity index is 1.86. The zero-order valence-electron chi connectivity index (χ0n) is 15.6. The Morgan fingerprint density at radius 1 is 1.11 bits per heavy atom. The van der Waals surface area contributed by atoms with Gasteiger partial charge in [0.25, 0.3) is 0 Å². The number of phenolic OH excluding ortho intramolecular Hbond substituents is 1. The molecular weight excluding hydrogens is 340 g/mol. The van der Waals surface area contributed by atoms with Crippen LogP contribution in [0.15, 0.2) is 55.1 Å². The van der Waals surface area contributed by atoms with Crippen molar-refractivity contribution in [2.75, 3.05) is 11.9 Å². The van der Waals surface area contributed by atoms with Gasteiger partial charge in [0.1, 0.15) is 5.82 Å². The molecular formula is C21H24N4O2. The summed E-state index contributed by atoms with van der Waals surface area (Å²) in [7, 11) is 0. The first-order chi connectivity index (χ1) is 13.2. The second-order valence-electron chi connectivity index (χ2n) is 6.18. The molecule has 0 aliphatic rings. The SMILES string of the molecule is CCC[C@@H](Nc1cncc(-c2ccc(O)c(OCC)c2)n1)c1cccnc1. The van der Waals surface area contributed by atoms with Crippen molar-refractivity contribution in [1.82, 2.24) is 15.0 Å². The summed E-state index contributed by atoms with van der Waals surface area (Å²) in [5.41, 5.74) is 2.66. The van der Waals surface area contributed by atoms with E-state index in [1.807, 2.05) is 19.2 Å². The van der Waals surface area contributed by atoms with Crippen molar-refractivity contribution in [3.63, 3.8) is 0 Å². The summed E-state index contributed by atoms with van der Waals surface area (Å²) in [6.45, 7) is 4.51. The van der Waals surface area contributed by atoms with E-state index in [-0.39, 0.29) is 11.8 Å². The lowest BCUT2D eigenvalue weighted by Crippen LogP contribution is -2.12. The summed E-state index contributed by atoms with van der Waals surface area (Å²) >= 11 is 0. The molecule has 0 spiro atoms. The number of nitrogens with zero attached hydrogens (tertiary/aromatic N) is 3. The number of aromatic nitrogens is 3. The van der Waals surface area contributed by atoms with Gasteiger partial charge in [-0.2, -0.15) is 0 Å². The van der Waals surface area contributed by atoms with Gasteiger partial charge in [-0.15, -0.1) is 0 Å². The summed E-state index contributed by atoms with van der Waals surface area (Å²) in [6, 6.07) is 9.30. The van der Waals surface area contributed by atoms with Gasteiger partial charge in [0.05, 0.1) is 30.7 Å². The average molecular weight is 364 g/mol. The van der Waals surface area contributed by atoms with Crippen LogP contribution < -0.4 is 10.1 Å². The highest BCUT2D eigenvalue weighted by Gasteiger charge is 2.13. The van der Waals surface area contributed by atoms with Gasteiger partial charge < -0.3 is 15.2 Å². The van der Waals surface area contributed by atoms with E-state index in [2.05, 4.69) is 28.3 Å². The molecule has 3 aromatic rings. The fourth-order valence-electron chi connectivity index (χ4n) is 2.89. The molecule has 2 heterocycles. The van der Waals surface area contributed by atoms with Crippen LogP contribution in [0.4, 0.5) is 5.82 Å². The molecule has 3 rings (SSSR count). The second kappa shape index (κ2) is 8.98. The monoisotopic (exact) mass is 364 g/mol. The van der Waals surface area contributed by atoms with E-state index in [9.17, 15) is 5.11 Å². The van der Waals surface area contributed by atoms with Gasteiger partial charge in [-0.05, 0) is 43.2 Å². The Kier molecular flexibility index (Phi) is 6.20. The fraction of sp³-hybridized carbons (Fsp3) is 0.286. The van der Waals surface area contributed by atoms with Crippen LogP contribution in [0.3, 0.4) is 0 Å². The molecule has 6 nitrogen and oxygen atoms in total. The topological polar surface area (TPSA) is 80.2 Å². The van der Waals surface area contributed by atoms with E-state index in [1.165, 1.54) is 0 Å². The van der Waals surface area contributed by atoms with E-state index < -0.39 is 0 Å². The zero-order chi connectivity index (χ0) is 19.1. The number of phenols is 1. The quantitative estimate of drug-likeness (QED) is 0.608. The molecule has 2 N–H and O–H groups in total. The van der Waals surface area contributed by atoms with Gasteiger partial charge in [-0.3, -0.25) is 9.97 Å². The van der Waals surface area contributed by atoms with Crippen LogP contribution in [0, 0.1) is 0 Å². The van der Waals surface area contributed by atoms with Crippen LogP contribution in [-0.4, -0.2) is 26.7 Å². The Morgan fingerprint density at radius 2 is 2.00 bits per heavy atom. The number of pyridine rings is 1. The molecule has 6 heteroatoms. The molecule has 0 aliphatic heterocycles. The predicted octanol–water partition coefficient (Wildman–Crippen LogP) is 4.60. The number of aromatic hydroxyl groups is 1. The highest BCUT2D eigenvalue weighted by Crippen LogP contribution is 2.31. The van der Waals surface area contributed by atoms with E-state index in [1.54, 1.807) is 36.8 Å². The van der Waals surface area contributed by atoms with Crippen molar-refractivity contribution in [3.05, 3.63) is 60.7 Å². The lowest BCUT2D eigenvalue weighted by molar-refractivity contribution is 0.318. The highest BCUT2D eigenvalue weighted by atomic mass is 16.5. The second-order valence-corrected chi connectivity index (χ2v) is 6.18. The smallest absolute Gasteiger partial charge is 0.161 e. The van der Waals surface area contributed by atoms with Crippen molar-refractivity contribution in [1.29, 1.82) is 0 Å². The maximum atomic E-state index is 9.89. The van der Waals surface area contributed by atoms with Gasteiger partial charge in [0.15, 0.2) is 11.5 Å². The number of hydrogen-bond acceptors (Lipinski definition) is 6. The normalized spacial score (nSPS) is 11.8. The molecule has 2 aromatic heterocycles. The third kappa shape index (κ3) is 4.73. The summed E-state index contributed by atoms with van der Waals surface area (Å²) in [5, 5.41) is 13.4. The molecule has 0 amide bonds. The first kappa shape index (κ1) is 18.6. The minimum atomic E-state index is 0.113. The fourth-order valence-corrected chi connectivity index (χ4v) is 2.89.